The molecule has 8 heteroatoms. The van der Waals surface area contributed by atoms with Crippen LogP contribution in [0.2, 0.25) is 0 Å². The predicted molar refractivity (Wildman–Crippen MR) is 101 cm³/mol. The third-order valence-electron chi connectivity index (χ3n) is 5.65. The van der Waals surface area contributed by atoms with Crippen molar-refractivity contribution in [2.24, 2.45) is 0 Å². The molecular formula is C20H31NO7. The lowest BCUT2D eigenvalue weighted by molar-refractivity contribution is -0.213. The van der Waals surface area contributed by atoms with Crippen molar-refractivity contribution in [2.75, 3.05) is 19.7 Å². The Kier molecular flexibility index (Phi) is 6.70. The number of rotatable bonds is 7. The van der Waals surface area contributed by atoms with Gasteiger partial charge < -0.3 is 24.8 Å². The van der Waals surface area contributed by atoms with Crippen molar-refractivity contribution in [2.45, 2.75) is 70.5 Å². The number of allylic oxidation sites excluding steroid dienone is 1. The summed E-state index contributed by atoms with van der Waals surface area (Å²) in [5.41, 5.74) is -3.06. The smallest absolute Gasteiger partial charge is 0.344 e. The Morgan fingerprint density at radius 2 is 2.04 bits per heavy atom. The minimum Gasteiger partial charge on any atom is -0.459 e. The zero-order chi connectivity index (χ0) is 21.3. The Balaban J connectivity index is 2.06. The Labute approximate surface area is 165 Å². The van der Waals surface area contributed by atoms with Crippen molar-refractivity contribution in [1.29, 1.82) is 0 Å². The van der Waals surface area contributed by atoms with Crippen LogP contribution in [0.3, 0.4) is 0 Å². The van der Waals surface area contributed by atoms with Crippen molar-refractivity contribution < 1.29 is 34.4 Å². The third-order valence-corrected chi connectivity index (χ3v) is 5.65. The van der Waals surface area contributed by atoms with E-state index in [-0.39, 0.29) is 24.7 Å². The first-order valence-electron chi connectivity index (χ1n) is 9.50. The van der Waals surface area contributed by atoms with E-state index >= 15 is 0 Å². The van der Waals surface area contributed by atoms with Gasteiger partial charge in [-0.3, -0.25) is 4.90 Å². The molecule has 0 aromatic carbocycles. The monoisotopic (exact) mass is 397 g/mol. The van der Waals surface area contributed by atoms with E-state index in [0.29, 0.717) is 18.5 Å². The first-order valence-corrected chi connectivity index (χ1v) is 9.50. The van der Waals surface area contributed by atoms with Crippen LogP contribution in [0.4, 0.5) is 0 Å². The van der Waals surface area contributed by atoms with E-state index in [1.807, 2.05) is 6.08 Å². The Morgan fingerprint density at radius 1 is 1.39 bits per heavy atom. The van der Waals surface area contributed by atoms with Gasteiger partial charge in [-0.05, 0) is 46.6 Å². The maximum absolute atomic E-state index is 12.5. The summed E-state index contributed by atoms with van der Waals surface area (Å²) >= 11 is 0. The summed E-state index contributed by atoms with van der Waals surface area (Å²) in [7, 11) is 0. The Morgan fingerprint density at radius 3 is 2.57 bits per heavy atom. The molecule has 0 saturated carbocycles. The molecule has 0 aliphatic carbocycles. The summed E-state index contributed by atoms with van der Waals surface area (Å²) in [6, 6.07) is -0.191. The molecule has 2 aliphatic rings. The molecule has 2 heterocycles. The molecule has 2 aliphatic heterocycles. The molecular weight excluding hydrogens is 366 g/mol. The molecule has 0 unspecified atom stereocenters. The molecule has 28 heavy (non-hydrogen) atoms. The van der Waals surface area contributed by atoms with Crippen LogP contribution in [0.15, 0.2) is 23.3 Å². The number of esters is 2. The molecule has 3 N–H and O–H groups in total. The van der Waals surface area contributed by atoms with Gasteiger partial charge in [0.2, 0.25) is 5.60 Å². The van der Waals surface area contributed by atoms with E-state index < -0.39 is 23.3 Å². The van der Waals surface area contributed by atoms with Crippen LogP contribution in [-0.4, -0.2) is 81.3 Å². The lowest BCUT2D eigenvalue weighted by Crippen LogP contribution is -2.63. The fourth-order valence-electron chi connectivity index (χ4n) is 3.66. The average molecular weight is 397 g/mol. The molecule has 8 nitrogen and oxygen atoms in total. The van der Waals surface area contributed by atoms with Crippen LogP contribution in [0.25, 0.3) is 0 Å². The number of aliphatic hydroxyl groups excluding tert-OH is 1. The van der Waals surface area contributed by atoms with Crippen LogP contribution < -0.4 is 0 Å². The van der Waals surface area contributed by atoms with Crippen molar-refractivity contribution in [3.8, 4) is 0 Å². The summed E-state index contributed by atoms with van der Waals surface area (Å²) < 4.78 is 10.9. The Hall–Kier alpha value is -1.74. The lowest BCUT2D eigenvalue weighted by Gasteiger charge is -2.38. The van der Waals surface area contributed by atoms with E-state index in [0.717, 1.165) is 12.1 Å². The van der Waals surface area contributed by atoms with Gasteiger partial charge in [0, 0.05) is 18.7 Å². The van der Waals surface area contributed by atoms with Crippen LogP contribution in [0.5, 0.6) is 0 Å². The van der Waals surface area contributed by atoms with Gasteiger partial charge in [0.25, 0.3) is 0 Å². The van der Waals surface area contributed by atoms with E-state index in [1.165, 1.54) is 20.8 Å². The van der Waals surface area contributed by atoms with Crippen molar-refractivity contribution in [3.05, 3.63) is 23.3 Å². The van der Waals surface area contributed by atoms with E-state index in [4.69, 9.17) is 9.47 Å². The number of nitrogens with zero attached hydrogens (tertiary/aromatic N) is 1. The number of ether oxygens (including phenoxy) is 2. The topological polar surface area (TPSA) is 117 Å². The first-order chi connectivity index (χ1) is 12.9. The average Bonchev–Trinajstić information content (AvgIpc) is 3.20. The van der Waals surface area contributed by atoms with Gasteiger partial charge in [0.15, 0.2) is 0 Å². The van der Waals surface area contributed by atoms with Crippen LogP contribution in [0, 0.1) is 0 Å². The molecule has 0 radical (unpaired) electrons. The van der Waals surface area contributed by atoms with E-state index in [2.05, 4.69) is 4.90 Å². The fourth-order valence-corrected chi connectivity index (χ4v) is 3.66. The number of carbonyl (C=O) groups excluding carboxylic acids is 2. The molecule has 0 aromatic rings. The molecule has 0 aromatic heterocycles. The second-order valence-electron chi connectivity index (χ2n) is 8.00. The summed E-state index contributed by atoms with van der Waals surface area (Å²) in [6.07, 6.45) is 2.40. The van der Waals surface area contributed by atoms with Crippen LogP contribution >= 0.6 is 0 Å². The van der Waals surface area contributed by atoms with Crippen molar-refractivity contribution in [3.63, 3.8) is 0 Å². The molecule has 0 spiro atoms. The van der Waals surface area contributed by atoms with Gasteiger partial charge in [-0.2, -0.15) is 0 Å². The van der Waals surface area contributed by atoms with Crippen LogP contribution in [-0.2, 0) is 19.1 Å². The molecule has 0 amide bonds. The highest BCUT2D eigenvalue weighted by molar-refractivity contribution is 5.87. The predicted octanol–water partition coefficient (Wildman–Crippen LogP) is 0.305. The highest BCUT2D eigenvalue weighted by Gasteiger charge is 2.54. The summed E-state index contributed by atoms with van der Waals surface area (Å²) in [5.74, 6) is -1.48. The Bertz CT molecular complexity index is 677. The number of hydrogen-bond donors (Lipinski definition) is 3. The van der Waals surface area contributed by atoms with Crippen LogP contribution in [0.1, 0.15) is 41.0 Å². The number of hydrogen-bond acceptors (Lipinski definition) is 8. The van der Waals surface area contributed by atoms with Gasteiger partial charge in [0.05, 0.1) is 12.1 Å². The van der Waals surface area contributed by atoms with Gasteiger partial charge >= 0.3 is 11.9 Å². The largest absolute Gasteiger partial charge is 0.459 e. The third kappa shape index (κ3) is 4.15. The van der Waals surface area contributed by atoms with E-state index in [9.17, 15) is 24.9 Å². The number of aliphatic hydroxyl groups is 3. The zero-order valence-electron chi connectivity index (χ0n) is 17.1. The zero-order valence-corrected chi connectivity index (χ0v) is 17.1. The number of carbonyl (C=O) groups is 2. The molecule has 4 atom stereocenters. The van der Waals surface area contributed by atoms with Gasteiger partial charge in [-0.15, -0.1) is 0 Å². The molecule has 158 valence electrons. The highest BCUT2D eigenvalue weighted by Crippen LogP contribution is 2.33. The van der Waals surface area contributed by atoms with Gasteiger partial charge in [-0.1, -0.05) is 12.2 Å². The molecule has 1 fully saturated rings. The maximum atomic E-state index is 12.5. The maximum Gasteiger partial charge on any atom is 0.344 e. The molecule has 2 rings (SSSR count). The first kappa shape index (κ1) is 22.5. The summed E-state index contributed by atoms with van der Waals surface area (Å²) in [4.78, 5) is 26.7. The lowest BCUT2D eigenvalue weighted by atomic mass is 9.81. The van der Waals surface area contributed by atoms with Gasteiger partial charge in [0.1, 0.15) is 18.3 Å². The molecule has 0 bridgehead atoms. The second kappa shape index (κ2) is 8.32. The van der Waals surface area contributed by atoms with E-state index in [1.54, 1.807) is 19.9 Å². The minimum atomic E-state index is -2.46. The fraction of sp³-hybridized carbons (Fsp3) is 0.700. The molecule has 1 saturated heterocycles. The second-order valence-corrected chi connectivity index (χ2v) is 8.00. The van der Waals surface area contributed by atoms with Gasteiger partial charge in [-0.25, -0.2) is 9.59 Å². The summed E-state index contributed by atoms with van der Waals surface area (Å²) in [6.45, 7) is 8.42. The van der Waals surface area contributed by atoms with Crippen molar-refractivity contribution in [1.82, 2.24) is 4.90 Å². The normalized spacial score (nSPS) is 26.3. The SMILES string of the molecule is C/C=C(/C)C(=O)O[C@H]1CCN2CC=C(COC(=O)[C@](O)([C@H](C)O)C(C)(C)O)[C@H]12. The standard InChI is InChI=1S/C20H31NO7/c1-6-12(2)17(23)28-15-8-10-21-9-7-14(16(15)21)11-27-18(24)20(26,13(3)22)19(4,5)25/h6-7,13,15-16,22,25-26H,8-11H2,1-5H3/b12-6-/t13-,15-,16+,20+/m0/s1. The number of fused-ring (bicyclic) bond motifs is 1. The summed E-state index contributed by atoms with van der Waals surface area (Å²) in [5, 5.41) is 30.5. The highest BCUT2D eigenvalue weighted by atomic mass is 16.6. The van der Waals surface area contributed by atoms with Crippen molar-refractivity contribution >= 4 is 11.9 Å². The quantitative estimate of drug-likeness (QED) is 0.319. The minimum absolute atomic E-state index is 0.123.